The normalized spacial score (nSPS) is 22.6. The van der Waals surface area contributed by atoms with Gasteiger partial charge in [0, 0.05) is 18.5 Å². The zero-order chi connectivity index (χ0) is 11.7. The summed E-state index contributed by atoms with van der Waals surface area (Å²) in [4.78, 5) is 0. The lowest BCUT2D eigenvalue weighted by molar-refractivity contribution is 0.300. The Hall–Kier alpha value is -1.68. The van der Waals surface area contributed by atoms with Gasteiger partial charge < -0.3 is 5.32 Å². The molecule has 0 saturated heterocycles. The van der Waals surface area contributed by atoms with Gasteiger partial charge in [0.15, 0.2) is 0 Å². The predicted molar refractivity (Wildman–Crippen MR) is 63.5 cm³/mol. The van der Waals surface area contributed by atoms with Crippen molar-refractivity contribution in [2.45, 2.75) is 31.8 Å². The molecule has 1 aromatic carbocycles. The summed E-state index contributed by atoms with van der Waals surface area (Å²) in [6.45, 7) is 2.65. The van der Waals surface area contributed by atoms with Crippen molar-refractivity contribution >= 4 is 0 Å². The van der Waals surface area contributed by atoms with Gasteiger partial charge in [0.1, 0.15) is 11.4 Å². The third kappa shape index (κ3) is 2.22. The molecule has 2 atom stereocenters. The Kier molecular flexibility index (Phi) is 2.65. The van der Waals surface area contributed by atoms with E-state index in [0.29, 0.717) is 12.0 Å². The van der Waals surface area contributed by atoms with Crippen LogP contribution in [0, 0.1) is 6.92 Å². The number of nitrogens with zero attached hydrogens (tertiary/aromatic N) is 2. The molecule has 2 unspecified atom stereocenters. The minimum atomic E-state index is 0.563. The Morgan fingerprint density at radius 1 is 1.29 bits per heavy atom. The Balaban J connectivity index is 1.55. The average Bonchev–Trinajstić information content (AvgIpc) is 3.04. The van der Waals surface area contributed by atoms with Crippen LogP contribution in [0.15, 0.2) is 35.0 Å². The lowest BCUT2D eigenvalue weighted by Gasteiger charge is -2.02. The number of benzene rings is 1. The van der Waals surface area contributed by atoms with Gasteiger partial charge >= 0.3 is 0 Å². The summed E-state index contributed by atoms with van der Waals surface area (Å²) >= 11 is 0. The standard InChI is InChI=1S/C13H15N3O/c1-9-13(16-17-15-9)8-14-12-7-11(12)10-5-3-2-4-6-10/h2-6,11-12,14H,7-8H2,1H3. The molecule has 0 spiro atoms. The molecule has 1 heterocycles. The fourth-order valence-electron chi connectivity index (χ4n) is 2.13. The van der Waals surface area contributed by atoms with E-state index < -0.39 is 0 Å². The lowest BCUT2D eigenvalue weighted by Crippen LogP contribution is -2.18. The predicted octanol–water partition coefficient (Wildman–Crippen LogP) is 2.02. The van der Waals surface area contributed by atoms with Gasteiger partial charge in [-0.25, -0.2) is 4.63 Å². The maximum Gasteiger partial charge on any atom is 0.121 e. The minimum Gasteiger partial charge on any atom is -0.308 e. The molecule has 4 heteroatoms. The molecule has 3 rings (SSSR count). The highest BCUT2D eigenvalue weighted by molar-refractivity contribution is 5.27. The molecule has 0 radical (unpaired) electrons. The first-order valence-corrected chi connectivity index (χ1v) is 5.91. The largest absolute Gasteiger partial charge is 0.308 e. The Morgan fingerprint density at radius 3 is 2.82 bits per heavy atom. The van der Waals surface area contributed by atoms with E-state index in [-0.39, 0.29) is 0 Å². The molecule has 1 aliphatic rings. The Bertz CT molecular complexity index is 494. The van der Waals surface area contributed by atoms with E-state index >= 15 is 0 Å². The van der Waals surface area contributed by atoms with Crippen molar-refractivity contribution in [3.05, 3.63) is 47.3 Å². The number of hydrogen-bond donors (Lipinski definition) is 1. The van der Waals surface area contributed by atoms with Crippen LogP contribution < -0.4 is 5.32 Å². The molecule has 0 aliphatic heterocycles. The summed E-state index contributed by atoms with van der Waals surface area (Å²) < 4.78 is 4.67. The number of nitrogens with one attached hydrogen (secondary N) is 1. The van der Waals surface area contributed by atoms with E-state index in [4.69, 9.17) is 0 Å². The van der Waals surface area contributed by atoms with Crippen molar-refractivity contribution < 1.29 is 4.63 Å². The van der Waals surface area contributed by atoms with Gasteiger partial charge in [-0.3, -0.25) is 0 Å². The van der Waals surface area contributed by atoms with Crippen LogP contribution in [0.5, 0.6) is 0 Å². The van der Waals surface area contributed by atoms with Crippen LogP contribution in [-0.4, -0.2) is 16.4 Å². The highest BCUT2D eigenvalue weighted by Gasteiger charge is 2.37. The molecule has 2 aromatic rings. The second-order valence-electron chi connectivity index (χ2n) is 4.54. The van der Waals surface area contributed by atoms with Crippen LogP contribution in [-0.2, 0) is 6.54 Å². The fourth-order valence-corrected chi connectivity index (χ4v) is 2.13. The first-order chi connectivity index (χ1) is 8.34. The van der Waals surface area contributed by atoms with Crippen molar-refractivity contribution in [3.63, 3.8) is 0 Å². The summed E-state index contributed by atoms with van der Waals surface area (Å²) in [7, 11) is 0. The van der Waals surface area contributed by atoms with Crippen LogP contribution in [0.2, 0.25) is 0 Å². The smallest absolute Gasteiger partial charge is 0.121 e. The number of aryl methyl sites for hydroxylation is 1. The molecule has 0 bridgehead atoms. The Morgan fingerprint density at radius 2 is 2.12 bits per heavy atom. The summed E-state index contributed by atoms with van der Waals surface area (Å²) in [6, 6.07) is 11.2. The molecular formula is C13H15N3O. The highest BCUT2D eigenvalue weighted by atomic mass is 16.6. The minimum absolute atomic E-state index is 0.563. The summed E-state index contributed by atoms with van der Waals surface area (Å²) in [5.41, 5.74) is 3.19. The first kappa shape index (κ1) is 10.5. The number of hydrogen-bond acceptors (Lipinski definition) is 4. The molecule has 1 aliphatic carbocycles. The zero-order valence-corrected chi connectivity index (χ0v) is 9.76. The second-order valence-corrected chi connectivity index (χ2v) is 4.54. The van der Waals surface area contributed by atoms with Gasteiger partial charge in [0.05, 0.1) is 0 Å². The van der Waals surface area contributed by atoms with Gasteiger partial charge in [-0.05, 0) is 18.9 Å². The molecule has 88 valence electrons. The monoisotopic (exact) mass is 229 g/mol. The van der Waals surface area contributed by atoms with Crippen molar-refractivity contribution in [1.29, 1.82) is 0 Å². The van der Waals surface area contributed by atoms with Gasteiger partial charge in [-0.15, -0.1) is 0 Å². The summed E-state index contributed by atoms with van der Waals surface area (Å²) in [5, 5.41) is 11.1. The lowest BCUT2D eigenvalue weighted by atomic mass is 10.1. The first-order valence-electron chi connectivity index (χ1n) is 5.91. The topological polar surface area (TPSA) is 51.0 Å². The van der Waals surface area contributed by atoms with Gasteiger partial charge in [-0.2, -0.15) is 0 Å². The van der Waals surface area contributed by atoms with Crippen molar-refractivity contribution in [3.8, 4) is 0 Å². The molecule has 17 heavy (non-hydrogen) atoms. The van der Waals surface area contributed by atoms with Gasteiger partial charge in [0.25, 0.3) is 0 Å². The maximum atomic E-state index is 4.67. The third-order valence-corrected chi connectivity index (χ3v) is 3.30. The van der Waals surface area contributed by atoms with Crippen LogP contribution in [0.1, 0.15) is 29.3 Å². The highest BCUT2D eigenvalue weighted by Crippen LogP contribution is 2.40. The van der Waals surface area contributed by atoms with Crippen molar-refractivity contribution in [2.75, 3.05) is 0 Å². The quantitative estimate of drug-likeness (QED) is 0.871. The molecule has 1 N–H and O–H groups in total. The average molecular weight is 229 g/mol. The molecule has 0 amide bonds. The molecule has 1 saturated carbocycles. The van der Waals surface area contributed by atoms with Crippen LogP contribution in [0.25, 0.3) is 0 Å². The fraction of sp³-hybridized carbons (Fsp3) is 0.385. The van der Waals surface area contributed by atoms with E-state index in [1.54, 1.807) is 0 Å². The van der Waals surface area contributed by atoms with Gasteiger partial charge in [-0.1, -0.05) is 40.6 Å². The van der Waals surface area contributed by atoms with Crippen LogP contribution in [0.3, 0.4) is 0 Å². The van der Waals surface area contributed by atoms with Crippen LogP contribution in [0.4, 0.5) is 0 Å². The maximum absolute atomic E-state index is 4.67. The second kappa shape index (κ2) is 4.30. The Labute approximate surface area is 100.0 Å². The zero-order valence-electron chi connectivity index (χ0n) is 9.76. The van der Waals surface area contributed by atoms with E-state index in [1.165, 1.54) is 12.0 Å². The van der Waals surface area contributed by atoms with E-state index in [0.717, 1.165) is 17.9 Å². The van der Waals surface area contributed by atoms with E-state index in [9.17, 15) is 0 Å². The van der Waals surface area contributed by atoms with Crippen molar-refractivity contribution in [2.24, 2.45) is 0 Å². The van der Waals surface area contributed by atoms with Gasteiger partial charge in [0.2, 0.25) is 0 Å². The SMILES string of the molecule is Cc1nonc1CNC1CC1c1ccccc1. The van der Waals surface area contributed by atoms with Crippen molar-refractivity contribution in [1.82, 2.24) is 15.6 Å². The summed E-state index contributed by atoms with van der Waals surface area (Å²) in [5.74, 6) is 0.649. The number of rotatable bonds is 4. The van der Waals surface area contributed by atoms with Crippen LogP contribution >= 0.6 is 0 Å². The molecule has 1 aromatic heterocycles. The van der Waals surface area contributed by atoms with E-state index in [1.807, 2.05) is 6.92 Å². The number of aromatic nitrogens is 2. The summed E-state index contributed by atoms with van der Waals surface area (Å²) in [6.07, 6.45) is 1.20. The molecule has 1 fully saturated rings. The molecular weight excluding hydrogens is 214 g/mol. The van der Waals surface area contributed by atoms with E-state index in [2.05, 4.69) is 50.6 Å². The third-order valence-electron chi connectivity index (χ3n) is 3.30. The molecule has 4 nitrogen and oxygen atoms in total.